The van der Waals surface area contributed by atoms with Crippen molar-refractivity contribution in [3.05, 3.63) is 95.8 Å². The number of amides is 1. The van der Waals surface area contributed by atoms with Gasteiger partial charge in [-0.2, -0.15) is 0 Å². The van der Waals surface area contributed by atoms with Crippen LogP contribution in [0.3, 0.4) is 0 Å². The minimum Gasteiger partial charge on any atom is -0.341 e. The van der Waals surface area contributed by atoms with Crippen molar-refractivity contribution in [2.45, 2.75) is 0 Å². The predicted octanol–water partition coefficient (Wildman–Crippen LogP) is 4.27. The molecule has 122 valence electrons. The Morgan fingerprint density at radius 3 is 2.16 bits per heavy atom. The lowest BCUT2D eigenvalue weighted by Gasteiger charge is -2.04. The Kier molecular flexibility index (Phi) is 5.23. The molecule has 0 atom stereocenters. The van der Waals surface area contributed by atoms with Crippen LogP contribution in [0.15, 0.2) is 78.9 Å². The van der Waals surface area contributed by atoms with Crippen LogP contribution in [0.2, 0.25) is 0 Å². The number of carbonyl (C=O) groups excluding carboxylic acids is 1. The Morgan fingerprint density at radius 2 is 1.48 bits per heavy atom. The van der Waals surface area contributed by atoms with Gasteiger partial charge in [0.05, 0.1) is 6.54 Å². The largest absolute Gasteiger partial charge is 0.341 e. The van der Waals surface area contributed by atoms with Gasteiger partial charge in [0.25, 0.3) is 5.91 Å². The zero-order valence-electron chi connectivity index (χ0n) is 13.5. The van der Waals surface area contributed by atoms with E-state index >= 15 is 0 Å². The number of halogens is 1. The molecule has 2 nitrogen and oxygen atoms in total. The zero-order chi connectivity index (χ0) is 17.5. The summed E-state index contributed by atoms with van der Waals surface area (Å²) < 4.78 is 12.8. The highest BCUT2D eigenvalue weighted by Crippen LogP contribution is 2.19. The molecule has 0 bridgehead atoms. The van der Waals surface area contributed by atoms with E-state index in [1.54, 1.807) is 24.3 Å². The maximum atomic E-state index is 12.8. The van der Waals surface area contributed by atoms with Crippen LogP contribution in [0.5, 0.6) is 0 Å². The summed E-state index contributed by atoms with van der Waals surface area (Å²) in [5, 5.41) is 2.75. The van der Waals surface area contributed by atoms with E-state index in [4.69, 9.17) is 0 Å². The zero-order valence-corrected chi connectivity index (χ0v) is 13.5. The fraction of sp³-hybridized carbons (Fsp3) is 0.0455. The Morgan fingerprint density at radius 1 is 0.840 bits per heavy atom. The predicted molar refractivity (Wildman–Crippen MR) is 97.5 cm³/mol. The van der Waals surface area contributed by atoms with E-state index in [1.165, 1.54) is 12.1 Å². The van der Waals surface area contributed by atoms with E-state index < -0.39 is 0 Å². The lowest BCUT2D eigenvalue weighted by Crippen LogP contribution is -2.23. The Hall–Kier alpha value is -3.38. The van der Waals surface area contributed by atoms with E-state index in [0.717, 1.165) is 11.1 Å². The van der Waals surface area contributed by atoms with Gasteiger partial charge in [0.2, 0.25) is 0 Å². The Bertz CT molecular complexity index is 904. The minimum atomic E-state index is -0.294. The first kappa shape index (κ1) is 16.5. The molecular formula is C22H16FNO. The number of benzene rings is 3. The molecule has 0 radical (unpaired) electrons. The maximum absolute atomic E-state index is 12.8. The van der Waals surface area contributed by atoms with Gasteiger partial charge >= 0.3 is 0 Å². The average Bonchev–Trinajstić information content (AvgIpc) is 2.67. The number of carbonyl (C=O) groups is 1. The number of hydrogen-bond acceptors (Lipinski definition) is 1. The van der Waals surface area contributed by atoms with Crippen LogP contribution >= 0.6 is 0 Å². The lowest BCUT2D eigenvalue weighted by molar-refractivity contribution is 0.0958. The van der Waals surface area contributed by atoms with Crippen molar-refractivity contribution < 1.29 is 9.18 Å². The van der Waals surface area contributed by atoms with Gasteiger partial charge in [-0.3, -0.25) is 4.79 Å². The van der Waals surface area contributed by atoms with Crippen molar-refractivity contribution in [1.82, 2.24) is 5.32 Å². The molecule has 0 aromatic heterocycles. The minimum absolute atomic E-state index is 0.173. The summed E-state index contributed by atoms with van der Waals surface area (Å²) in [7, 11) is 0. The van der Waals surface area contributed by atoms with Gasteiger partial charge in [0.1, 0.15) is 5.82 Å². The second-order valence-corrected chi connectivity index (χ2v) is 5.43. The molecule has 0 saturated carbocycles. The van der Waals surface area contributed by atoms with E-state index in [2.05, 4.69) is 17.2 Å². The third-order valence-electron chi connectivity index (χ3n) is 3.67. The fourth-order valence-electron chi connectivity index (χ4n) is 2.35. The van der Waals surface area contributed by atoms with Crippen LogP contribution in [0, 0.1) is 17.7 Å². The van der Waals surface area contributed by atoms with Gasteiger partial charge in [0.15, 0.2) is 0 Å². The Labute approximate surface area is 146 Å². The molecule has 0 saturated heterocycles. The standard InChI is InChI=1S/C22H16FNO/c23-21-14-8-17(9-15-21)5-4-16-24-22(25)20-12-10-19(11-13-20)18-6-2-1-3-7-18/h1-3,6-15H,16H2,(H,24,25). The molecule has 3 aromatic carbocycles. The molecule has 0 spiro atoms. The van der Waals surface area contributed by atoms with Crippen molar-refractivity contribution in [2.24, 2.45) is 0 Å². The van der Waals surface area contributed by atoms with Crippen molar-refractivity contribution in [1.29, 1.82) is 0 Å². The Balaban J connectivity index is 1.58. The van der Waals surface area contributed by atoms with Crippen molar-refractivity contribution in [3.8, 4) is 23.0 Å². The van der Waals surface area contributed by atoms with E-state index in [1.807, 2.05) is 42.5 Å². The molecule has 3 aromatic rings. The summed E-state index contributed by atoms with van der Waals surface area (Å²) in [6.07, 6.45) is 0. The molecule has 0 aliphatic carbocycles. The summed E-state index contributed by atoms with van der Waals surface area (Å²) in [4.78, 5) is 12.1. The first-order valence-corrected chi connectivity index (χ1v) is 7.90. The van der Waals surface area contributed by atoms with Crippen molar-refractivity contribution in [2.75, 3.05) is 6.54 Å². The normalized spacial score (nSPS) is 9.80. The van der Waals surface area contributed by atoms with E-state index in [-0.39, 0.29) is 18.3 Å². The van der Waals surface area contributed by atoms with Crippen LogP contribution in [-0.4, -0.2) is 12.5 Å². The monoisotopic (exact) mass is 329 g/mol. The maximum Gasteiger partial charge on any atom is 0.252 e. The average molecular weight is 329 g/mol. The van der Waals surface area contributed by atoms with Crippen LogP contribution in [0.1, 0.15) is 15.9 Å². The molecule has 3 rings (SSSR count). The summed E-state index contributed by atoms with van der Waals surface area (Å²) in [6.45, 7) is 0.233. The SMILES string of the molecule is O=C(NCC#Cc1ccc(F)cc1)c1ccc(-c2ccccc2)cc1. The van der Waals surface area contributed by atoms with Crippen LogP contribution < -0.4 is 5.32 Å². The first-order valence-electron chi connectivity index (χ1n) is 7.90. The first-order chi connectivity index (χ1) is 12.2. The number of rotatable bonds is 3. The summed E-state index contributed by atoms with van der Waals surface area (Å²) in [5.41, 5.74) is 3.47. The van der Waals surface area contributed by atoms with Crippen LogP contribution in [0.25, 0.3) is 11.1 Å². The van der Waals surface area contributed by atoms with Crippen molar-refractivity contribution >= 4 is 5.91 Å². The topological polar surface area (TPSA) is 29.1 Å². The summed E-state index contributed by atoms with van der Waals surface area (Å²) >= 11 is 0. The third-order valence-corrected chi connectivity index (χ3v) is 3.67. The molecular weight excluding hydrogens is 313 g/mol. The van der Waals surface area contributed by atoms with E-state index in [0.29, 0.717) is 11.1 Å². The quantitative estimate of drug-likeness (QED) is 0.714. The molecule has 1 amide bonds. The summed E-state index contributed by atoms with van der Waals surface area (Å²) in [5.74, 6) is 5.27. The number of hydrogen-bond donors (Lipinski definition) is 1. The molecule has 0 fully saturated rings. The molecule has 1 N–H and O–H groups in total. The molecule has 3 heteroatoms. The molecule has 0 heterocycles. The van der Waals surface area contributed by atoms with Gasteiger partial charge in [-0.15, -0.1) is 0 Å². The van der Waals surface area contributed by atoms with Gasteiger partial charge in [-0.1, -0.05) is 54.3 Å². The molecule has 0 aliphatic heterocycles. The second kappa shape index (κ2) is 7.94. The third kappa shape index (κ3) is 4.55. The lowest BCUT2D eigenvalue weighted by atomic mass is 10.0. The highest BCUT2D eigenvalue weighted by atomic mass is 19.1. The molecule has 0 unspecified atom stereocenters. The van der Waals surface area contributed by atoms with Crippen LogP contribution in [-0.2, 0) is 0 Å². The fourth-order valence-corrected chi connectivity index (χ4v) is 2.35. The van der Waals surface area contributed by atoms with Gasteiger partial charge in [-0.05, 0) is 47.5 Å². The van der Waals surface area contributed by atoms with E-state index in [9.17, 15) is 9.18 Å². The summed E-state index contributed by atoms with van der Waals surface area (Å²) in [6, 6.07) is 23.4. The van der Waals surface area contributed by atoms with Gasteiger partial charge in [0, 0.05) is 11.1 Å². The smallest absolute Gasteiger partial charge is 0.252 e. The highest BCUT2D eigenvalue weighted by Gasteiger charge is 2.04. The van der Waals surface area contributed by atoms with Crippen molar-refractivity contribution in [3.63, 3.8) is 0 Å². The molecule has 0 aliphatic rings. The number of nitrogens with one attached hydrogen (secondary N) is 1. The van der Waals surface area contributed by atoms with Gasteiger partial charge in [-0.25, -0.2) is 4.39 Å². The van der Waals surface area contributed by atoms with Gasteiger partial charge < -0.3 is 5.32 Å². The highest BCUT2D eigenvalue weighted by molar-refractivity contribution is 5.94. The second-order valence-electron chi connectivity index (χ2n) is 5.43. The van der Waals surface area contributed by atoms with Crippen LogP contribution in [0.4, 0.5) is 4.39 Å². The molecule has 25 heavy (non-hydrogen) atoms.